The molecule has 1 unspecified atom stereocenters. The number of hydrogen-bond donors (Lipinski definition) is 1. The minimum atomic E-state index is -4.81. The fourth-order valence-electron chi connectivity index (χ4n) is 3.50. The Balaban J connectivity index is 1.86. The van der Waals surface area contributed by atoms with Gasteiger partial charge in [-0.25, -0.2) is 0 Å². The Kier molecular flexibility index (Phi) is 5.78. The lowest BCUT2D eigenvalue weighted by atomic mass is 10.0. The van der Waals surface area contributed by atoms with Gasteiger partial charge in [0.15, 0.2) is 0 Å². The summed E-state index contributed by atoms with van der Waals surface area (Å²) in [6.07, 6.45) is -4.71. The summed E-state index contributed by atoms with van der Waals surface area (Å²) in [5.74, 6) is -0.973. The third-order valence-electron chi connectivity index (χ3n) is 4.63. The number of nitrogens with one attached hydrogen (secondary N) is 1. The van der Waals surface area contributed by atoms with Gasteiger partial charge in [0.1, 0.15) is 11.8 Å². The topological polar surface area (TPSA) is 58.6 Å². The third kappa shape index (κ3) is 4.93. The van der Waals surface area contributed by atoms with Gasteiger partial charge in [0, 0.05) is 17.6 Å². The molecule has 0 bridgehead atoms. The Morgan fingerprint density at radius 1 is 1.07 bits per heavy atom. The van der Waals surface area contributed by atoms with Crippen molar-refractivity contribution in [2.45, 2.75) is 45.1 Å². The summed E-state index contributed by atoms with van der Waals surface area (Å²) in [5.41, 5.74) is 0.806. The fourth-order valence-corrected chi connectivity index (χ4v) is 3.50. The minimum absolute atomic E-state index is 0.0635. The first-order chi connectivity index (χ1) is 14.0. The van der Waals surface area contributed by atoms with Crippen LogP contribution in [0.1, 0.15) is 48.3 Å². The first kappa shape index (κ1) is 21.7. The normalized spacial score (nSPS) is 16.4. The van der Waals surface area contributed by atoms with E-state index in [0.29, 0.717) is 16.7 Å². The van der Waals surface area contributed by atoms with Crippen LogP contribution >= 0.6 is 0 Å². The summed E-state index contributed by atoms with van der Waals surface area (Å²) >= 11 is 0. The summed E-state index contributed by atoms with van der Waals surface area (Å²) in [4.78, 5) is 27.3. The van der Waals surface area contributed by atoms with E-state index in [1.807, 2.05) is 20.8 Å². The summed E-state index contributed by atoms with van der Waals surface area (Å²) in [7, 11) is 0. The summed E-state index contributed by atoms with van der Waals surface area (Å²) in [6.45, 7) is 5.57. The van der Waals surface area contributed by atoms with Crippen molar-refractivity contribution in [1.29, 1.82) is 0 Å². The van der Waals surface area contributed by atoms with Crippen LogP contribution in [0.25, 0.3) is 0 Å². The number of benzene rings is 2. The highest BCUT2D eigenvalue weighted by molar-refractivity contribution is 6.04. The summed E-state index contributed by atoms with van der Waals surface area (Å²) in [6, 6.07) is 11.8. The van der Waals surface area contributed by atoms with Gasteiger partial charge in [-0.05, 0) is 50.5 Å². The third-order valence-corrected chi connectivity index (χ3v) is 4.63. The number of halogens is 3. The van der Waals surface area contributed by atoms with Crippen molar-refractivity contribution in [1.82, 2.24) is 10.2 Å². The van der Waals surface area contributed by atoms with Gasteiger partial charge in [-0.1, -0.05) is 36.4 Å². The number of alkyl halides is 3. The summed E-state index contributed by atoms with van der Waals surface area (Å²) < 4.78 is 42.2. The van der Waals surface area contributed by atoms with Crippen molar-refractivity contribution >= 4 is 11.8 Å². The van der Waals surface area contributed by atoms with E-state index in [2.05, 4.69) is 10.1 Å². The number of amides is 2. The Morgan fingerprint density at radius 2 is 1.70 bits per heavy atom. The molecule has 0 aliphatic carbocycles. The lowest BCUT2D eigenvalue weighted by molar-refractivity contribution is -0.274. The van der Waals surface area contributed by atoms with Crippen LogP contribution in [0.15, 0.2) is 48.5 Å². The minimum Gasteiger partial charge on any atom is -0.406 e. The van der Waals surface area contributed by atoms with Gasteiger partial charge >= 0.3 is 6.36 Å². The molecule has 1 N–H and O–H groups in total. The van der Waals surface area contributed by atoms with Gasteiger partial charge in [-0.3, -0.25) is 9.59 Å². The van der Waals surface area contributed by atoms with E-state index in [1.54, 1.807) is 30.3 Å². The van der Waals surface area contributed by atoms with Gasteiger partial charge in [0.05, 0.1) is 0 Å². The Hall–Kier alpha value is -3.03. The molecule has 2 aromatic carbocycles. The second-order valence-electron chi connectivity index (χ2n) is 8.13. The van der Waals surface area contributed by atoms with Gasteiger partial charge < -0.3 is 15.0 Å². The Labute approximate surface area is 172 Å². The van der Waals surface area contributed by atoms with Gasteiger partial charge in [0.2, 0.25) is 5.91 Å². The van der Waals surface area contributed by atoms with E-state index in [1.165, 1.54) is 23.1 Å². The van der Waals surface area contributed by atoms with E-state index in [4.69, 9.17) is 0 Å². The molecule has 2 aromatic rings. The van der Waals surface area contributed by atoms with Crippen LogP contribution in [0, 0.1) is 0 Å². The van der Waals surface area contributed by atoms with E-state index >= 15 is 0 Å². The van der Waals surface area contributed by atoms with Crippen LogP contribution in [-0.2, 0) is 11.2 Å². The molecular weight excluding hydrogens is 397 g/mol. The highest BCUT2D eigenvalue weighted by atomic mass is 19.4. The van der Waals surface area contributed by atoms with Crippen LogP contribution in [-0.4, -0.2) is 35.2 Å². The molecule has 0 radical (unpaired) electrons. The Morgan fingerprint density at radius 3 is 2.37 bits per heavy atom. The predicted molar refractivity (Wildman–Crippen MR) is 105 cm³/mol. The number of nitrogens with zero attached hydrogens (tertiary/aromatic N) is 1. The van der Waals surface area contributed by atoms with Crippen LogP contribution in [0.3, 0.4) is 0 Å². The molecule has 5 nitrogen and oxygen atoms in total. The van der Waals surface area contributed by atoms with Crippen molar-refractivity contribution in [2.75, 3.05) is 6.54 Å². The maximum atomic E-state index is 13.0. The largest absolute Gasteiger partial charge is 0.573 e. The molecule has 0 fully saturated rings. The van der Waals surface area contributed by atoms with Crippen LogP contribution in [0.2, 0.25) is 0 Å². The van der Waals surface area contributed by atoms with Crippen molar-refractivity contribution in [3.05, 3.63) is 65.2 Å². The SMILES string of the molecule is CC(C)(C)NC(=O)C1c2ccccc2C(=O)N1CCc1ccccc1OC(F)(F)F. The zero-order valence-corrected chi connectivity index (χ0v) is 16.9. The molecule has 2 amide bonds. The molecule has 0 aromatic heterocycles. The lowest BCUT2D eigenvalue weighted by Crippen LogP contribution is -2.47. The van der Waals surface area contributed by atoms with Gasteiger partial charge in [-0.15, -0.1) is 13.2 Å². The molecule has 3 rings (SSSR count). The number of fused-ring (bicyclic) bond motifs is 1. The number of hydrogen-bond acceptors (Lipinski definition) is 3. The molecule has 8 heteroatoms. The number of carbonyl (C=O) groups excluding carboxylic acids is 2. The van der Waals surface area contributed by atoms with E-state index in [0.717, 1.165) is 0 Å². The standard InChI is InChI=1S/C22H23F3N2O3/c1-21(2,3)26-19(28)18-15-9-5-6-10-16(15)20(29)27(18)13-12-14-8-4-7-11-17(14)30-22(23,24)25/h4-11,18H,12-13H2,1-3H3,(H,26,28). The molecule has 0 saturated carbocycles. The molecule has 1 atom stereocenters. The van der Waals surface area contributed by atoms with Crippen molar-refractivity contribution < 1.29 is 27.5 Å². The highest BCUT2D eigenvalue weighted by Gasteiger charge is 2.41. The second kappa shape index (κ2) is 8.01. The first-order valence-electron chi connectivity index (χ1n) is 9.52. The number of ether oxygens (including phenoxy) is 1. The zero-order valence-electron chi connectivity index (χ0n) is 16.9. The molecule has 1 aliphatic heterocycles. The number of para-hydroxylation sites is 1. The van der Waals surface area contributed by atoms with E-state index in [-0.39, 0.29) is 30.5 Å². The average molecular weight is 420 g/mol. The average Bonchev–Trinajstić information content (AvgIpc) is 2.91. The van der Waals surface area contributed by atoms with Crippen LogP contribution < -0.4 is 10.1 Å². The van der Waals surface area contributed by atoms with Crippen molar-refractivity contribution in [3.8, 4) is 5.75 Å². The van der Waals surface area contributed by atoms with Crippen LogP contribution in [0.4, 0.5) is 13.2 Å². The lowest BCUT2D eigenvalue weighted by Gasteiger charge is -2.29. The number of rotatable bonds is 5. The zero-order chi connectivity index (χ0) is 22.1. The highest BCUT2D eigenvalue weighted by Crippen LogP contribution is 2.35. The predicted octanol–water partition coefficient (Wildman–Crippen LogP) is 4.24. The second-order valence-corrected chi connectivity index (χ2v) is 8.13. The molecule has 1 heterocycles. The molecule has 1 aliphatic rings. The maximum absolute atomic E-state index is 13.0. The molecule has 0 spiro atoms. The molecule has 0 saturated heterocycles. The van der Waals surface area contributed by atoms with Gasteiger partial charge in [0.25, 0.3) is 5.91 Å². The van der Waals surface area contributed by atoms with Crippen molar-refractivity contribution in [2.24, 2.45) is 0 Å². The number of carbonyl (C=O) groups is 2. The van der Waals surface area contributed by atoms with Gasteiger partial charge in [-0.2, -0.15) is 0 Å². The molecule has 160 valence electrons. The van der Waals surface area contributed by atoms with E-state index in [9.17, 15) is 22.8 Å². The fraction of sp³-hybridized carbons (Fsp3) is 0.364. The first-order valence-corrected chi connectivity index (χ1v) is 9.52. The molecule has 30 heavy (non-hydrogen) atoms. The quantitative estimate of drug-likeness (QED) is 0.787. The summed E-state index contributed by atoms with van der Waals surface area (Å²) in [5, 5.41) is 2.89. The van der Waals surface area contributed by atoms with Crippen molar-refractivity contribution in [3.63, 3.8) is 0 Å². The smallest absolute Gasteiger partial charge is 0.406 e. The van der Waals surface area contributed by atoms with E-state index < -0.39 is 17.9 Å². The van der Waals surface area contributed by atoms with Crippen LogP contribution in [0.5, 0.6) is 5.75 Å². The maximum Gasteiger partial charge on any atom is 0.573 e. The monoisotopic (exact) mass is 420 g/mol. The Bertz CT molecular complexity index is 951. The molecular formula is C22H23F3N2O3.